The van der Waals surface area contributed by atoms with Crippen LogP contribution in [0.1, 0.15) is 56.0 Å². The fourth-order valence-electron chi connectivity index (χ4n) is 4.72. The van der Waals surface area contributed by atoms with Crippen LogP contribution in [-0.4, -0.2) is 41.5 Å². The topological polar surface area (TPSA) is 85.3 Å². The maximum absolute atomic E-state index is 13.5. The molecule has 1 aliphatic heterocycles. The molecule has 3 aromatic carbocycles. The largest absolute Gasteiger partial charge is 0.507 e. The average molecular weight is 544 g/mol. The van der Waals surface area contributed by atoms with Crippen LogP contribution in [0, 0.1) is 12.8 Å². The quantitative estimate of drug-likeness (QED) is 0.180. The van der Waals surface area contributed by atoms with E-state index in [9.17, 15) is 14.7 Å². The van der Waals surface area contributed by atoms with Crippen LogP contribution in [0.4, 0.5) is 0 Å². The van der Waals surface area contributed by atoms with Crippen molar-refractivity contribution in [3.63, 3.8) is 0 Å². The first-order valence-electron chi connectivity index (χ1n) is 13.5. The van der Waals surface area contributed by atoms with E-state index in [-0.39, 0.29) is 24.0 Å². The van der Waals surface area contributed by atoms with Crippen LogP contribution >= 0.6 is 0 Å². The molecule has 4 rings (SSSR count). The van der Waals surface area contributed by atoms with Gasteiger partial charge in [0, 0.05) is 12.1 Å². The van der Waals surface area contributed by atoms with Gasteiger partial charge in [-0.2, -0.15) is 0 Å². The van der Waals surface area contributed by atoms with Crippen LogP contribution in [0.3, 0.4) is 0 Å². The zero-order chi connectivity index (χ0) is 29.0. The third-order valence-electron chi connectivity index (χ3n) is 6.62. The number of likely N-dealkylation sites (tertiary alicyclic amines) is 1. The SMILES string of the molecule is COc1ccc(CN2C(=O)C(=O)/C(=C(/O)c3ccc(OCC(C)C)c(C)c3)C2c2cccc(OC(C)C)c2)cc1. The lowest BCUT2D eigenvalue weighted by molar-refractivity contribution is -0.140. The Hall–Kier alpha value is -4.26. The van der Waals surface area contributed by atoms with Crippen molar-refractivity contribution in [1.29, 1.82) is 0 Å². The summed E-state index contributed by atoms with van der Waals surface area (Å²) in [5.41, 5.74) is 2.79. The van der Waals surface area contributed by atoms with E-state index in [2.05, 4.69) is 13.8 Å². The molecular weight excluding hydrogens is 506 g/mol. The molecule has 0 radical (unpaired) electrons. The molecule has 0 aliphatic carbocycles. The van der Waals surface area contributed by atoms with Gasteiger partial charge in [0.05, 0.1) is 31.4 Å². The number of aryl methyl sites for hydroxylation is 1. The molecule has 210 valence electrons. The number of ketones is 1. The van der Waals surface area contributed by atoms with Crippen molar-refractivity contribution in [3.8, 4) is 17.2 Å². The Labute approximate surface area is 236 Å². The van der Waals surface area contributed by atoms with Gasteiger partial charge in [-0.15, -0.1) is 0 Å². The van der Waals surface area contributed by atoms with Gasteiger partial charge < -0.3 is 24.2 Å². The number of aliphatic hydroxyl groups is 1. The first-order valence-corrected chi connectivity index (χ1v) is 13.5. The number of rotatable bonds is 10. The number of nitrogens with zero attached hydrogens (tertiary/aromatic N) is 1. The van der Waals surface area contributed by atoms with E-state index in [1.165, 1.54) is 4.90 Å². The highest BCUT2D eigenvalue weighted by atomic mass is 16.5. The van der Waals surface area contributed by atoms with Gasteiger partial charge in [-0.3, -0.25) is 9.59 Å². The summed E-state index contributed by atoms with van der Waals surface area (Å²) >= 11 is 0. The smallest absolute Gasteiger partial charge is 0.295 e. The van der Waals surface area contributed by atoms with Crippen LogP contribution in [0.15, 0.2) is 72.3 Å². The molecule has 1 heterocycles. The first kappa shape index (κ1) is 28.7. The molecule has 1 fully saturated rings. The Morgan fingerprint density at radius 3 is 2.30 bits per heavy atom. The number of aliphatic hydroxyl groups excluding tert-OH is 1. The van der Waals surface area contributed by atoms with Crippen LogP contribution in [0.25, 0.3) is 5.76 Å². The Bertz CT molecular complexity index is 1410. The van der Waals surface area contributed by atoms with Gasteiger partial charge in [0.25, 0.3) is 11.7 Å². The number of amides is 1. The lowest BCUT2D eigenvalue weighted by atomic mass is 9.94. The van der Waals surface area contributed by atoms with Crippen LogP contribution in [0.2, 0.25) is 0 Å². The van der Waals surface area contributed by atoms with Crippen molar-refractivity contribution >= 4 is 17.4 Å². The number of carbonyl (C=O) groups excluding carboxylic acids is 2. The van der Waals surface area contributed by atoms with Crippen LogP contribution in [0.5, 0.6) is 17.2 Å². The molecule has 40 heavy (non-hydrogen) atoms. The Balaban J connectivity index is 1.80. The van der Waals surface area contributed by atoms with E-state index in [1.54, 1.807) is 25.3 Å². The van der Waals surface area contributed by atoms with E-state index >= 15 is 0 Å². The molecule has 0 spiro atoms. The maximum atomic E-state index is 13.5. The molecule has 7 nitrogen and oxygen atoms in total. The molecule has 0 bridgehead atoms. The molecule has 1 N–H and O–H groups in total. The summed E-state index contributed by atoms with van der Waals surface area (Å²) in [5.74, 6) is 0.747. The summed E-state index contributed by atoms with van der Waals surface area (Å²) in [6.45, 7) is 10.6. The fourth-order valence-corrected chi connectivity index (χ4v) is 4.72. The summed E-state index contributed by atoms with van der Waals surface area (Å²) in [5, 5.41) is 11.5. The van der Waals surface area contributed by atoms with Crippen molar-refractivity contribution in [2.45, 2.75) is 53.3 Å². The van der Waals surface area contributed by atoms with Crippen molar-refractivity contribution in [3.05, 3.63) is 94.6 Å². The Morgan fingerprint density at radius 1 is 0.950 bits per heavy atom. The normalized spacial score (nSPS) is 16.6. The summed E-state index contributed by atoms with van der Waals surface area (Å²) in [7, 11) is 1.59. The van der Waals surface area contributed by atoms with E-state index in [0.29, 0.717) is 40.9 Å². The van der Waals surface area contributed by atoms with Crippen molar-refractivity contribution in [2.24, 2.45) is 5.92 Å². The monoisotopic (exact) mass is 543 g/mol. The van der Waals surface area contributed by atoms with Gasteiger partial charge in [-0.05, 0) is 85.8 Å². The standard InChI is InChI=1S/C33H37NO6/c1-20(2)19-39-28-15-12-25(16-22(28)5)31(35)29-30(24-8-7-9-27(17-24)40-21(3)4)34(33(37)32(29)36)18-23-10-13-26(38-6)14-11-23/h7-17,20-21,30,35H,18-19H2,1-6H3/b31-29+. The number of hydrogen-bond donors (Lipinski definition) is 1. The predicted octanol–water partition coefficient (Wildman–Crippen LogP) is 6.45. The second-order valence-electron chi connectivity index (χ2n) is 10.7. The maximum Gasteiger partial charge on any atom is 0.295 e. The van der Waals surface area contributed by atoms with Gasteiger partial charge in [-0.1, -0.05) is 38.1 Å². The number of hydrogen-bond acceptors (Lipinski definition) is 6. The second kappa shape index (κ2) is 12.3. The van der Waals surface area contributed by atoms with E-state index < -0.39 is 17.7 Å². The molecular formula is C33H37NO6. The van der Waals surface area contributed by atoms with Crippen molar-refractivity contribution in [2.75, 3.05) is 13.7 Å². The first-order chi connectivity index (χ1) is 19.1. The third kappa shape index (κ3) is 6.30. The lowest BCUT2D eigenvalue weighted by Gasteiger charge is -2.26. The molecule has 1 aliphatic rings. The zero-order valence-corrected chi connectivity index (χ0v) is 23.9. The lowest BCUT2D eigenvalue weighted by Crippen LogP contribution is -2.29. The molecule has 1 unspecified atom stereocenters. The van der Waals surface area contributed by atoms with Crippen molar-refractivity contribution in [1.82, 2.24) is 4.90 Å². The zero-order valence-electron chi connectivity index (χ0n) is 23.9. The predicted molar refractivity (Wildman–Crippen MR) is 155 cm³/mol. The van der Waals surface area contributed by atoms with Gasteiger partial charge in [0.2, 0.25) is 0 Å². The number of methoxy groups -OCH3 is 1. The van der Waals surface area contributed by atoms with Crippen molar-refractivity contribution < 1.29 is 28.9 Å². The van der Waals surface area contributed by atoms with Gasteiger partial charge in [0.1, 0.15) is 23.0 Å². The minimum Gasteiger partial charge on any atom is -0.507 e. The van der Waals surface area contributed by atoms with E-state index in [0.717, 1.165) is 11.1 Å². The number of ether oxygens (including phenoxy) is 3. The molecule has 1 atom stereocenters. The Morgan fingerprint density at radius 2 is 1.68 bits per heavy atom. The molecule has 1 amide bonds. The highest BCUT2D eigenvalue weighted by Crippen LogP contribution is 2.41. The van der Waals surface area contributed by atoms with E-state index in [1.807, 2.05) is 69.3 Å². The second-order valence-corrected chi connectivity index (χ2v) is 10.7. The van der Waals surface area contributed by atoms with Gasteiger partial charge >= 0.3 is 0 Å². The average Bonchev–Trinajstić information content (AvgIpc) is 3.17. The summed E-state index contributed by atoms with van der Waals surface area (Å²) < 4.78 is 17.0. The minimum absolute atomic E-state index is 0.0375. The van der Waals surface area contributed by atoms with Gasteiger partial charge in [0.15, 0.2) is 0 Å². The van der Waals surface area contributed by atoms with Crippen LogP contribution in [-0.2, 0) is 16.1 Å². The molecule has 1 saturated heterocycles. The summed E-state index contributed by atoms with van der Waals surface area (Å²) in [4.78, 5) is 28.5. The molecule has 3 aromatic rings. The molecule has 7 heteroatoms. The third-order valence-corrected chi connectivity index (χ3v) is 6.62. The fraction of sp³-hybridized carbons (Fsp3) is 0.333. The number of carbonyl (C=O) groups is 2. The van der Waals surface area contributed by atoms with E-state index in [4.69, 9.17) is 14.2 Å². The minimum atomic E-state index is -0.810. The molecule has 0 saturated carbocycles. The highest BCUT2D eigenvalue weighted by Gasteiger charge is 2.46. The number of benzene rings is 3. The van der Waals surface area contributed by atoms with Crippen LogP contribution < -0.4 is 14.2 Å². The number of Topliss-reactive ketones (excluding diaryl/α,β-unsaturated/α-hetero) is 1. The molecule has 0 aromatic heterocycles. The van der Waals surface area contributed by atoms with Gasteiger partial charge in [-0.25, -0.2) is 0 Å². The summed E-state index contributed by atoms with van der Waals surface area (Å²) in [6, 6.07) is 19.1. The summed E-state index contributed by atoms with van der Waals surface area (Å²) in [6.07, 6.45) is -0.0553. The highest BCUT2D eigenvalue weighted by molar-refractivity contribution is 6.46. The Kier molecular flexibility index (Phi) is 8.83.